The first-order chi connectivity index (χ1) is 8.42. The lowest BCUT2D eigenvalue weighted by atomic mass is 9.80. The van der Waals surface area contributed by atoms with Gasteiger partial charge in [-0.05, 0) is 24.8 Å². The van der Waals surface area contributed by atoms with Crippen molar-refractivity contribution in [2.45, 2.75) is 45.1 Å². The van der Waals surface area contributed by atoms with Crippen LogP contribution in [0, 0.1) is 11.8 Å². The SMILES string of the molecule is c1nc(CN2CC[C@@H](C3CCCCC3)C2)cs1. The third-order valence-electron chi connectivity index (χ3n) is 4.49. The molecule has 0 bridgehead atoms. The standard InChI is InChI=1S/C14H22N2S/c1-2-4-12(5-3-1)13-6-7-16(8-13)9-14-10-17-11-15-14/h10-13H,1-9H2/t13-/m1/s1. The zero-order valence-corrected chi connectivity index (χ0v) is 11.3. The molecule has 2 fully saturated rings. The predicted molar refractivity (Wildman–Crippen MR) is 72.1 cm³/mol. The van der Waals surface area contributed by atoms with Crippen LogP contribution >= 0.6 is 11.3 Å². The number of hydrogen-bond donors (Lipinski definition) is 0. The Labute approximate surface area is 108 Å². The summed E-state index contributed by atoms with van der Waals surface area (Å²) in [7, 11) is 0. The molecule has 0 radical (unpaired) electrons. The molecule has 2 nitrogen and oxygen atoms in total. The van der Waals surface area contributed by atoms with Gasteiger partial charge in [0.25, 0.3) is 0 Å². The maximum Gasteiger partial charge on any atom is 0.0795 e. The lowest BCUT2D eigenvalue weighted by Crippen LogP contribution is -2.24. The molecule has 1 atom stereocenters. The number of nitrogens with zero attached hydrogens (tertiary/aromatic N) is 2. The van der Waals surface area contributed by atoms with Gasteiger partial charge in [0.2, 0.25) is 0 Å². The molecule has 1 saturated heterocycles. The smallest absolute Gasteiger partial charge is 0.0795 e. The minimum atomic E-state index is 0.980. The van der Waals surface area contributed by atoms with Gasteiger partial charge in [0, 0.05) is 18.5 Å². The van der Waals surface area contributed by atoms with Crippen molar-refractivity contribution in [3.05, 3.63) is 16.6 Å². The minimum absolute atomic E-state index is 0.980. The second-order valence-electron chi connectivity index (χ2n) is 5.66. The number of hydrogen-bond acceptors (Lipinski definition) is 3. The van der Waals surface area contributed by atoms with Gasteiger partial charge >= 0.3 is 0 Å². The van der Waals surface area contributed by atoms with Crippen LogP contribution in [0.1, 0.15) is 44.2 Å². The topological polar surface area (TPSA) is 16.1 Å². The van der Waals surface area contributed by atoms with Gasteiger partial charge < -0.3 is 0 Å². The molecule has 0 amide bonds. The molecule has 1 saturated carbocycles. The Balaban J connectivity index is 1.51. The molecule has 3 rings (SSSR count). The van der Waals surface area contributed by atoms with Crippen molar-refractivity contribution in [2.24, 2.45) is 11.8 Å². The fraction of sp³-hybridized carbons (Fsp3) is 0.786. The zero-order chi connectivity index (χ0) is 11.5. The summed E-state index contributed by atoms with van der Waals surface area (Å²) in [5.74, 6) is 2.01. The summed E-state index contributed by atoms with van der Waals surface area (Å²) in [6.45, 7) is 3.69. The molecule has 0 N–H and O–H groups in total. The van der Waals surface area contributed by atoms with Gasteiger partial charge in [-0.15, -0.1) is 11.3 Å². The number of aromatic nitrogens is 1. The van der Waals surface area contributed by atoms with E-state index in [-0.39, 0.29) is 0 Å². The highest BCUT2D eigenvalue weighted by Gasteiger charge is 2.30. The highest BCUT2D eigenvalue weighted by molar-refractivity contribution is 7.07. The van der Waals surface area contributed by atoms with Crippen molar-refractivity contribution in [1.29, 1.82) is 0 Å². The monoisotopic (exact) mass is 250 g/mol. The Morgan fingerprint density at radius 2 is 2.06 bits per heavy atom. The van der Waals surface area contributed by atoms with Crippen molar-refractivity contribution in [3.63, 3.8) is 0 Å². The van der Waals surface area contributed by atoms with Gasteiger partial charge in [0.15, 0.2) is 0 Å². The van der Waals surface area contributed by atoms with Gasteiger partial charge in [0.05, 0.1) is 11.2 Å². The quantitative estimate of drug-likeness (QED) is 0.815. The summed E-state index contributed by atoms with van der Waals surface area (Å²) in [5, 5.41) is 2.19. The first-order valence-electron chi connectivity index (χ1n) is 7.01. The second-order valence-corrected chi connectivity index (χ2v) is 6.38. The van der Waals surface area contributed by atoms with E-state index in [0.717, 1.165) is 18.4 Å². The van der Waals surface area contributed by atoms with Crippen LogP contribution in [0.3, 0.4) is 0 Å². The average Bonchev–Trinajstić information content (AvgIpc) is 3.02. The summed E-state index contributed by atoms with van der Waals surface area (Å²) in [6.07, 6.45) is 8.85. The molecule has 0 unspecified atom stereocenters. The van der Waals surface area contributed by atoms with Crippen molar-refractivity contribution >= 4 is 11.3 Å². The van der Waals surface area contributed by atoms with Gasteiger partial charge in [-0.2, -0.15) is 0 Å². The number of likely N-dealkylation sites (tertiary alicyclic amines) is 1. The molecule has 0 spiro atoms. The lowest BCUT2D eigenvalue weighted by molar-refractivity contribution is 0.234. The van der Waals surface area contributed by atoms with E-state index in [1.54, 1.807) is 11.3 Å². The summed E-state index contributed by atoms with van der Waals surface area (Å²) in [6, 6.07) is 0. The fourth-order valence-electron chi connectivity index (χ4n) is 3.54. The first-order valence-corrected chi connectivity index (χ1v) is 7.95. The third kappa shape index (κ3) is 2.89. The Bertz CT molecular complexity index is 330. The highest BCUT2D eigenvalue weighted by Crippen LogP contribution is 2.35. The van der Waals surface area contributed by atoms with E-state index in [1.165, 1.54) is 57.3 Å². The maximum atomic E-state index is 4.39. The molecule has 1 aromatic rings. The summed E-state index contributed by atoms with van der Waals surface area (Å²) in [5.41, 5.74) is 3.21. The van der Waals surface area contributed by atoms with Crippen LogP contribution in [0.5, 0.6) is 0 Å². The molecule has 2 heterocycles. The summed E-state index contributed by atoms with van der Waals surface area (Å²) >= 11 is 1.71. The molecule has 3 heteroatoms. The van der Waals surface area contributed by atoms with E-state index in [0.29, 0.717) is 0 Å². The summed E-state index contributed by atoms with van der Waals surface area (Å²) in [4.78, 5) is 7.00. The van der Waals surface area contributed by atoms with E-state index in [2.05, 4.69) is 15.3 Å². The van der Waals surface area contributed by atoms with Gasteiger partial charge in [-0.25, -0.2) is 4.98 Å². The van der Waals surface area contributed by atoms with Crippen molar-refractivity contribution < 1.29 is 0 Å². The molecule has 1 aliphatic carbocycles. The second kappa shape index (κ2) is 5.49. The van der Waals surface area contributed by atoms with E-state index >= 15 is 0 Å². The van der Waals surface area contributed by atoms with Gasteiger partial charge in [-0.3, -0.25) is 4.90 Å². The van der Waals surface area contributed by atoms with Crippen LogP contribution in [0.15, 0.2) is 10.9 Å². The van der Waals surface area contributed by atoms with Gasteiger partial charge in [0.1, 0.15) is 0 Å². The molecular weight excluding hydrogens is 228 g/mol. The van der Waals surface area contributed by atoms with Crippen LogP contribution in [0.2, 0.25) is 0 Å². The van der Waals surface area contributed by atoms with E-state index in [1.807, 2.05) is 5.51 Å². The van der Waals surface area contributed by atoms with Crippen LogP contribution in [-0.4, -0.2) is 23.0 Å². The zero-order valence-electron chi connectivity index (χ0n) is 10.5. The average molecular weight is 250 g/mol. The van der Waals surface area contributed by atoms with Gasteiger partial charge in [-0.1, -0.05) is 32.1 Å². The Hall–Kier alpha value is -0.410. The molecule has 0 aromatic carbocycles. The highest BCUT2D eigenvalue weighted by atomic mass is 32.1. The Morgan fingerprint density at radius 1 is 1.18 bits per heavy atom. The van der Waals surface area contributed by atoms with Crippen LogP contribution in [0.4, 0.5) is 0 Å². The molecule has 1 aromatic heterocycles. The molecule has 17 heavy (non-hydrogen) atoms. The lowest BCUT2D eigenvalue weighted by Gasteiger charge is -2.27. The molecule has 1 aliphatic heterocycles. The Morgan fingerprint density at radius 3 is 2.82 bits per heavy atom. The number of thiazole rings is 1. The van der Waals surface area contributed by atoms with Crippen molar-refractivity contribution in [1.82, 2.24) is 9.88 Å². The van der Waals surface area contributed by atoms with E-state index in [9.17, 15) is 0 Å². The van der Waals surface area contributed by atoms with Crippen LogP contribution < -0.4 is 0 Å². The van der Waals surface area contributed by atoms with E-state index in [4.69, 9.17) is 0 Å². The molecule has 2 aliphatic rings. The maximum absolute atomic E-state index is 4.39. The van der Waals surface area contributed by atoms with Crippen LogP contribution in [-0.2, 0) is 6.54 Å². The van der Waals surface area contributed by atoms with Crippen molar-refractivity contribution in [2.75, 3.05) is 13.1 Å². The molecule has 94 valence electrons. The normalized spacial score (nSPS) is 27.6. The van der Waals surface area contributed by atoms with Crippen molar-refractivity contribution in [3.8, 4) is 0 Å². The number of rotatable bonds is 3. The summed E-state index contributed by atoms with van der Waals surface area (Å²) < 4.78 is 0. The largest absolute Gasteiger partial charge is 0.297 e. The molecular formula is C14H22N2S. The first kappa shape index (κ1) is 11.7. The predicted octanol–water partition coefficient (Wildman–Crippen LogP) is 3.55. The third-order valence-corrected chi connectivity index (χ3v) is 5.13. The van der Waals surface area contributed by atoms with E-state index < -0.39 is 0 Å². The Kier molecular flexibility index (Phi) is 3.77. The van der Waals surface area contributed by atoms with Crippen LogP contribution in [0.25, 0.3) is 0 Å². The fourth-order valence-corrected chi connectivity index (χ4v) is 4.09. The minimum Gasteiger partial charge on any atom is -0.297 e.